The maximum absolute atomic E-state index is 12.3. The fourth-order valence-electron chi connectivity index (χ4n) is 5.30. The summed E-state index contributed by atoms with van der Waals surface area (Å²) in [6.45, 7) is 4.42. The van der Waals surface area contributed by atoms with Gasteiger partial charge >= 0.3 is 0 Å². The van der Waals surface area contributed by atoms with Crippen LogP contribution in [-0.4, -0.2) is 65.6 Å². The van der Waals surface area contributed by atoms with E-state index in [0.29, 0.717) is 11.7 Å². The van der Waals surface area contributed by atoms with Crippen LogP contribution in [-0.2, 0) is 22.6 Å². The Morgan fingerprint density at radius 3 is 2.50 bits per heavy atom. The number of hydrogen-bond acceptors (Lipinski definition) is 7. The minimum absolute atomic E-state index is 0.354. The molecule has 0 aliphatic carbocycles. The predicted molar refractivity (Wildman–Crippen MR) is 136 cm³/mol. The normalized spacial score (nSPS) is 20.2. The topological polar surface area (TPSA) is 84.0 Å². The molecular formula is C26H34ClN5O2. The Balaban J connectivity index is 1.33. The summed E-state index contributed by atoms with van der Waals surface area (Å²) in [6.07, 6.45) is 7.37. The van der Waals surface area contributed by atoms with Crippen LogP contribution in [0.2, 0.25) is 5.02 Å². The monoisotopic (exact) mass is 483 g/mol. The van der Waals surface area contributed by atoms with Crippen LogP contribution >= 0.6 is 11.6 Å². The van der Waals surface area contributed by atoms with Gasteiger partial charge in [0.2, 0.25) is 0 Å². The van der Waals surface area contributed by atoms with Gasteiger partial charge in [-0.2, -0.15) is 0 Å². The zero-order chi connectivity index (χ0) is 24.0. The van der Waals surface area contributed by atoms with Gasteiger partial charge in [-0.05, 0) is 74.2 Å². The average molecular weight is 484 g/mol. The summed E-state index contributed by atoms with van der Waals surface area (Å²) in [5.74, 6) is 0.903. The van der Waals surface area contributed by atoms with E-state index in [2.05, 4.69) is 19.9 Å². The minimum atomic E-state index is -0.368. The average Bonchev–Trinajstić information content (AvgIpc) is 2.86. The van der Waals surface area contributed by atoms with Crippen molar-refractivity contribution in [1.82, 2.24) is 14.8 Å². The lowest BCUT2D eigenvalue weighted by Crippen LogP contribution is -2.58. The van der Waals surface area contributed by atoms with E-state index >= 15 is 0 Å². The standard InChI is InChI=1S/C26H34ClN5O2/c1-34-30-24(16-20-2-4-23(27)5-3-20)22-7-12-32(13-8-22)26(19-33)9-14-31(15-10-26)18-21-6-11-29-25(28)17-21/h2-6,11,17,19,22H,7-10,12-16,18H2,1H3,(H2,28,29)/b30-24-. The second-order valence-electron chi connectivity index (χ2n) is 9.42. The van der Waals surface area contributed by atoms with Crippen molar-refractivity contribution < 1.29 is 9.63 Å². The second kappa shape index (κ2) is 11.3. The predicted octanol–water partition coefficient (Wildman–Crippen LogP) is 3.81. The van der Waals surface area contributed by atoms with Gasteiger partial charge < -0.3 is 15.4 Å². The van der Waals surface area contributed by atoms with Crippen LogP contribution in [0.1, 0.15) is 36.8 Å². The number of rotatable bonds is 8. The van der Waals surface area contributed by atoms with Crippen molar-refractivity contribution in [2.45, 2.75) is 44.2 Å². The molecule has 8 heteroatoms. The number of nitrogens with two attached hydrogens (primary N) is 1. The molecule has 0 bridgehead atoms. The van der Waals surface area contributed by atoms with Gasteiger partial charge in [-0.25, -0.2) is 4.98 Å². The molecule has 0 radical (unpaired) electrons. The molecule has 34 heavy (non-hydrogen) atoms. The van der Waals surface area contributed by atoms with Crippen LogP contribution in [0.3, 0.4) is 0 Å². The molecule has 1 aromatic carbocycles. The molecule has 182 valence electrons. The third-order valence-corrected chi connectivity index (χ3v) is 7.55. The number of benzene rings is 1. The summed E-state index contributed by atoms with van der Waals surface area (Å²) < 4.78 is 0. The molecule has 3 heterocycles. The summed E-state index contributed by atoms with van der Waals surface area (Å²) in [4.78, 5) is 26.4. The van der Waals surface area contributed by atoms with Gasteiger partial charge in [0.05, 0.1) is 11.3 Å². The molecular weight excluding hydrogens is 450 g/mol. The lowest BCUT2D eigenvalue weighted by Gasteiger charge is -2.48. The van der Waals surface area contributed by atoms with Crippen molar-refractivity contribution in [3.05, 3.63) is 58.7 Å². The van der Waals surface area contributed by atoms with Crippen molar-refractivity contribution in [1.29, 1.82) is 0 Å². The number of carbonyl (C=O) groups is 1. The van der Waals surface area contributed by atoms with Gasteiger partial charge in [0.1, 0.15) is 19.2 Å². The van der Waals surface area contributed by atoms with Crippen LogP contribution in [0.25, 0.3) is 0 Å². The number of nitrogen functional groups attached to an aromatic ring is 1. The van der Waals surface area contributed by atoms with Crippen molar-refractivity contribution in [3.8, 4) is 0 Å². The van der Waals surface area contributed by atoms with Gasteiger partial charge in [0, 0.05) is 43.2 Å². The molecule has 0 unspecified atom stereocenters. The highest BCUT2D eigenvalue weighted by atomic mass is 35.5. The smallest absolute Gasteiger partial charge is 0.140 e. The van der Waals surface area contributed by atoms with Crippen LogP contribution in [0, 0.1) is 5.92 Å². The number of aromatic nitrogens is 1. The minimum Gasteiger partial charge on any atom is -0.399 e. The number of halogens is 1. The first kappa shape index (κ1) is 24.6. The Hall–Kier alpha value is -2.48. The quantitative estimate of drug-likeness (QED) is 0.349. The van der Waals surface area contributed by atoms with E-state index in [0.717, 1.165) is 81.1 Å². The number of likely N-dealkylation sites (tertiary alicyclic amines) is 2. The SMILES string of the molecule is CO/N=C(/Cc1ccc(Cl)cc1)C1CCN(C2(C=O)CCN(Cc3ccnc(N)c3)CC2)CC1. The number of aldehydes is 1. The molecule has 1 aromatic heterocycles. The summed E-state index contributed by atoms with van der Waals surface area (Å²) in [6, 6.07) is 11.8. The number of carbonyl (C=O) groups excluding carboxylic acids is 1. The first-order valence-corrected chi connectivity index (χ1v) is 12.4. The van der Waals surface area contributed by atoms with E-state index in [9.17, 15) is 4.79 Å². The molecule has 0 saturated carbocycles. The third kappa shape index (κ3) is 5.95. The molecule has 2 saturated heterocycles. The third-order valence-electron chi connectivity index (χ3n) is 7.30. The fraction of sp³-hybridized carbons (Fsp3) is 0.500. The molecule has 0 spiro atoms. The molecule has 0 amide bonds. The molecule has 0 atom stereocenters. The van der Waals surface area contributed by atoms with Crippen LogP contribution in [0.5, 0.6) is 0 Å². The van der Waals surface area contributed by atoms with Gasteiger partial charge in [-0.3, -0.25) is 9.80 Å². The lowest BCUT2D eigenvalue weighted by atomic mass is 9.82. The molecule has 2 fully saturated rings. The zero-order valence-corrected chi connectivity index (χ0v) is 20.6. The number of oxime groups is 1. The maximum atomic E-state index is 12.3. The molecule has 2 N–H and O–H groups in total. The van der Waals surface area contributed by atoms with E-state index in [1.165, 1.54) is 11.8 Å². The van der Waals surface area contributed by atoms with Crippen LogP contribution in [0.15, 0.2) is 47.8 Å². The van der Waals surface area contributed by atoms with Crippen molar-refractivity contribution >= 4 is 29.4 Å². The highest BCUT2D eigenvalue weighted by Gasteiger charge is 2.41. The first-order chi connectivity index (χ1) is 16.5. The number of nitrogens with zero attached hydrogens (tertiary/aromatic N) is 4. The van der Waals surface area contributed by atoms with E-state index < -0.39 is 0 Å². The second-order valence-corrected chi connectivity index (χ2v) is 9.85. The number of anilines is 1. The van der Waals surface area contributed by atoms with Gasteiger partial charge in [0.15, 0.2) is 0 Å². The molecule has 2 aliphatic rings. The van der Waals surface area contributed by atoms with Crippen LogP contribution < -0.4 is 5.73 Å². The Morgan fingerprint density at radius 2 is 1.88 bits per heavy atom. The Kier molecular flexibility index (Phi) is 8.19. The maximum Gasteiger partial charge on any atom is 0.140 e. The van der Waals surface area contributed by atoms with Crippen molar-refractivity contribution in [3.63, 3.8) is 0 Å². The van der Waals surface area contributed by atoms with Crippen LogP contribution in [0.4, 0.5) is 5.82 Å². The largest absolute Gasteiger partial charge is 0.399 e. The van der Waals surface area contributed by atoms with Gasteiger partial charge in [-0.1, -0.05) is 28.9 Å². The molecule has 7 nitrogen and oxygen atoms in total. The highest BCUT2D eigenvalue weighted by Crippen LogP contribution is 2.33. The summed E-state index contributed by atoms with van der Waals surface area (Å²) in [5.41, 5.74) is 8.86. The fourth-order valence-corrected chi connectivity index (χ4v) is 5.42. The Bertz CT molecular complexity index is 981. The van der Waals surface area contributed by atoms with Gasteiger partial charge in [0.25, 0.3) is 0 Å². The highest BCUT2D eigenvalue weighted by molar-refractivity contribution is 6.30. The van der Waals surface area contributed by atoms with Crippen molar-refractivity contribution in [2.24, 2.45) is 11.1 Å². The zero-order valence-electron chi connectivity index (χ0n) is 19.8. The first-order valence-electron chi connectivity index (χ1n) is 12.0. The number of piperidine rings is 2. The molecule has 2 aliphatic heterocycles. The van der Waals surface area contributed by atoms with E-state index in [-0.39, 0.29) is 5.54 Å². The summed E-state index contributed by atoms with van der Waals surface area (Å²) in [5, 5.41) is 5.11. The van der Waals surface area contributed by atoms with E-state index in [1.807, 2.05) is 36.4 Å². The summed E-state index contributed by atoms with van der Waals surface area (Å²) in [7, 11) is 1.60. The molecule has 2 aromatic rings. The Labute approximate surface area is 206 Å². The lowest BCUT2D eigenvalue weighted by molar-refractivity contribution is -0.123. The van der Waals surface area contributed by atoms with E-state index in [1.54, 1.807) is 13.3 Å². The molecule has 4 rings (SSSR count). The van der Waals surface area contributed by atoms with Gasteiger partial charge in [-0.15, -0.1) is 0 Å². The Morgan fingerprint density at radius 1 is 1.18 bits per heavy atom. The number of hydrogen-bond donors (Lipinski definition) is 1. The van der Waals surface area contributed by atoms with E-state index in [4.69, 9.17) is 22.2 Å². The summed E-state index contributed by atoms with van der Waals surface area (Å²) >= 11 is 6.03. The van der Waals surface area contributed by atoms with Crippen molar-refractivity contribution in [2.75, 3.05) is 39.0 Å². The number of pyridine rings is 1.